The Morgan fingerprint density at radius 1 is 1.21 bits per heavy atom. The van der Waals surface area contributed by atoms with Crippen LogP contribution in [-0.2, 0) is 24.2 Å². The van der Waals surface area contributed by atoms with Crippen molar-refractivity contribution < 1.29 is 9.72 Å². The Morgan fingerprint density at radius 2 is 2.00 bits per heavy atom. The van der Waals surface area contributed by atoms with E-state index in [0.717, 1.165) is 42.0 Å². The Balaban J connectivity index is 1.89. The molecule has 4 heterocycles. The third kappa shape index (κ3) is 4.10. The first kappa shape index (κ1) is 20.5. The standard InChI is InChI=1S/C23H32N4OS/c1-13(2)7-8-24-21-20-19(25-12-26-21)18-15-10-23(5,6)28-11-16(15)17(9-14(3)4)27-22(18)29-20/h12-14H,7-11H2,1-6H3,(H,24,25,26)/p+1. The number of ether oxygens (including phenoxy) is 1. The second-order valence-electron chi connectivity index (χ2n) is 9.69. The maximum absolute atomic E-state index is 6.18. The minimum atomic E-state index is -0.163. The zero-order valence-electron chi connectivity index (χ0n) is 18.5. The van der Waals surface area contributed by atoms with E-state index in [-0.39, 0.29) is 5.60 Å². The molecule has 0 saturated heterocycles. The predicted octanol–water partition coefficient (Wildman–Crippen LogP) is 5.17. The molecule has 0 bridgehead atoms. The Morgan fingerprint density at radius 3 is 2.72 bits per heavy atom. The molecule has 5 nitrogen and oxygen atoms in total. The highest BCUT2D eigenvalue weighted by atomic mass is 32.1. The van der Waals surface area contributed by atoms with Gasteiger partial charge in [0.1, 0.15) is 9.53 Å². The highest BCUT2D eigenvalue weighted by molar-refractivity contribution is 7.25. The van der Waals surface area contributed by atoms with Gasteiger partial charge >= 0.3 is 0 Å². The zero-order valence-corrected chi connectivity index (χ0v) is 19.3. The van der Waals surface area contributed by atoms with E-state index in [2.05, 4.69) is 51.8 Å². The van der Waals surface area contributed by atoms with Crippen LogP contribution in [0.2, 0.25) is 0 Å². The highest BCUT2D eigenvalue weighted by Crippen LogP contribution is 2.42. The molecule has 0 aliphatic carbocycles. The molecule has 0 atom stereocenters. The molecule has 0 amide bonds. The van der Waals surface area contributed by atoms with Crippen molar-refractivity contribution in [3.05, 3.63) is 23.1 Å². The molecule has 0 fully saturated rings. The van der Waals surface area contributed by atoms with Crippen molar-refractivity contribution in [1.29, 1.82) is 0 Å². The van der Waals surface area contributed by atoms with Crippen molar-refractivity contribution in [2.75, 3.05) is 11.9 Å². The molecule has 6 heteroatoms. The minimum Gasteiger partial charge on any atom is -0.370 e. The molecule has 0 saturated carbocycles. The summed E-state index contributed by atoms with van der Waals surface area (Å²) in [5, 5.41) is 4.81. The van der Waals surface area contributed by atoms with Gasteiger partial charge < -0.3 is 10.1 Å². The fourth-order valence-electron chi connectivity index (χ4n) is 4.08. The fourth-order valence-corrected chi connectivity index (χ4v) is 5.23. The van der Waals surface area contributed by atoms with Gasteiger partial charge in [0.2, 0.25) is 12.1 Å². The first-order valence-electron chi connectivity index (χ1n) is 10.8. The average Bonchev–Trinajstić information content (AvgIpc) is 2.99. The molecular weight excluding hydrogens is 380 g/mol. The van der Waals surface area contributed by atoms with Gasteiger partial charge in [0.25, 0.3) is 0 Å². The number of rotatable bonds is 6. The topological polar surface area (TPSA) is 61.2 Å². The van der Waals surface area contributed by atoms with E-state index in [1.807, 2.05) is 6.33 Å². The second-order valence-corrected chi connectivity index (χ2v) is 10.7. The van der Waals surface area contributed by atoms with E-state index in [9.17, 15) is 0 Å². The summed E-state index contributed by atoms with van der Waals surface area (Å²) in [6.07, 6.45) is 4.83. The van der Waals surface area contributed by atoms with Crippen molar-refractivity contribution in [3.63, 3.8) is 0 Å². The third-order valence-electron chi connectivity index (χ3n) is 5.58. The van der Waals surface area contributed by atoms with Crippen molar-refractivity contribution in [2.45, 2.75) is 73.0 Å². The lowest BCUT2D eigenvalue weighted by atomic mass is 9.88. The van der Waals surface area contributed by atoms with E-state index >= 15 is 0 Å². The van der Waals surface area contributed by atoms with E-state index in [1.54, 1.807) is 11.3 Å². The quantitative estimate of drug-likeness (QED) is 0.606. The monoisotopic (exact) mass is 413 g/mol. The largest absolute Gasteiger partial charge is 0.370 e. The highest BCUT2D eigenvalue weighted by Gasteiger charge is 2.32. The number of H-pyrrole nitrogens is 1. The van der Waals surface area contributed by atoms with Crippen LogP contribution in [-0.4, -0.2) is 22.1 Å². The maximum atomic E-state index is 6.18. The van der Waals surface area contributed by atoms with Crippen molar-refractivity contribution in [1.82, 2.24) is 9.97 Å². The van der Waals surface area contributed by atoms with Crippen LogP contribution in [0.15, 0.2) is 6.33 Å². The minimum absolute atomic E-state index is 0.163. The van der Waals surface area contributed by atoms with Gasteiger partial charge in [-0.05, 0) is 44.1 Å². The summed E-state index contributed by atoms with van der Waals surface area (Å²) in [5.74, 6) is 2.30. The van der Waals surface area contributed by atoms with Gasteiger partial charge in [-0.3, -0.25) is 0 Å². The smallest absolute Gasteiger partial charge is 0.240 e. The van der Waals surface area contributed by atoms with Gasteiger partial charge in [-0.1, -0.05) is 27.7 Å². The Hall–Kier alpha value is -1.79. The number of fused-ring (bicyclic) bond motifs is 5. The SMILES string of the molecule is CC(C)CCNc1[nH+]cnc2c1sc1nc(CC(C)C)c3c(c12)CC(C)(C)OC3. The number of aromatic nitrogens is 3. The van der Waals surface area contributed by atoms with E-state index < -0.39 is 0 Å². The van der Waals surface area contributed by atoms with Crippen molar-refractivity contribution in [3.8, 4) is 0 Å². The van der Waals surface area contributed by atoms with Gasteiger partial charge in [-0.25, -0.2) is 9.97 Å². The lowest BCUT2D eigenvalue weighted by Gasteiger charge is -2.33. The first-order chi connectivity index (χ1) is 13.7. The fraction of sp³-hybridized carbons (Fsp3) is 0.609. The van der Waals surface area contributed by atoms with Crippen LogP contribution in [0.4, 0.5) is 5.82 Å². The van der Waals surface area contributed by atoms with Gasteiger partial charge in [0.15, 0.2) is 5.52 Å². The van der Waals surface area contributed by atoms with Gasteiger partial charge in [-0.15, -0.1) is 16.3 Å². The number of aromatic amines is 1. The molecule has 3 aromatic heterocycles. The molecule has 4 rings (SSSR count). The normalized spacial score (nSPS) is 16.1. The number of pyridine rings is 1. The number of nitrogens with one attached hydrogen (secondary N) is 2. The molecule has 156 valence electrons. The maximum Gasteiger partial charge on any atom is 0.240 e. The summed E-state index contributed by atoms with van der Waals surface area (Å²) >= 11 is 1.75. The summed E-state index contributed by atoms with van der Waals surface area (Å²) < 4.78 is 7.35. The molecule has 2 N–H and O–H groups in total. The van der Waals surface area contributed by atoms with Crippen LogP contribution in [0.5, 0.6) is 0 Å². The number of hydrogen-bond donors (Lipinski definition) is 1. The zero-order chi connectivity index (χ0) is 20.8. The molecule has 0 unspecified atom stereocenters. The van der Waals surface area contributed by atoms with Gasteiger partial charge in [-0.2, -0.15) is 0 Å². The summed E-state index contributed by atoms with van der Waals surface area (Å²) in [6.45, 7) is 15.0. The summed E-state index contributed by atoms with van der Waals surface area (Å²) in [5.41, 5.74) is 4.77. The van der Waals surface area contributed by atoms with Crippen LogP contribution >= 0.6 is 11.3 Å². The summed E-state index contributed by atoms with van der Waals surface area (Å²) in [6, 6.07) is 0. The molecule has 0 spiro atoms. The number of anilines is 1. The molecule has 1 aliphatic rings. The lowest BCUT2D eigenvalue weighted by molar-refractivity contribution is -0.363. The lowest BCUT2D eigenvalue weighted by Crippen LogP contribution is -2.33. The van der Waals surface area contributed by atoms with E-state index in [0.29, 0.717) is 18.4 Å². The molecule has 29 heavy (non-hydrogen) atoms. The Bertz CT molecular complexity index is 1040. The van der Waals surface area contributed by atoms with Crippen molar-refractivity contribution >= 4 is 37.6 Å². The van der Waals surface area contributed by atoms with Crippen LogP contribution < -0.4 is 10.3 Å². The van der Waals surface area contributed by atoms with Gasteiger partial charge in [0.05, 0.1) is 24.1 Å². The second kappa shape index (κ2) is 7.80. The number of thiophene rings is 1. The van der Waals surface area contributed by atoms with Crippen LogP contribution in [0.25, 0.3) is 20.4 Å². The third-order valence-corrected chi connectivity index (χ3v) is 6.67. The van der Waals surface area contributed by atoms with Crippen molar-refractivity contribution in [2.24, 2.45) is 11.8 Å². The summed E-state index contributed by atoms with van der Waals surface area (Å²) in [7, 11) is 0. The Kier molecular flexibility index (Phi) is 5.51. The molecule has 1 aliphatic heterocycles. The number of hydrogen-bond acceptors (Lipinski definition) is 5. The average molecular weight is 414 g/mol. The van der Waals surface area contributed by atoms with Crippen LogP contribution in [0.1, 0.15) is 64.8 Å². The molecule has 0 aromatic carbocycles. The van der Waals surface area contributed by atoms with E-state index in [1.165, 1.54) is 26.9 Å². The van der Waals surface area contributed by atoms with Gasteiger partial charge in [0, 0.05) is 17.7 Å². The predicted molar refractivity (Wildman–Crippen MR) is 121 cm³/mol. The molecule has 0 radical (unpaired) electrons. The van der Waals surface area contributed by atoms with Crippen LogP contribution in [0.3, 0.4) is 0 Å². The summed E-state index contributed by atoms with van der Waals surface area (Å²) in [4.78, 5) is 14.3. The Labute approximate surface area is 177 Å². The van der Waals surface area contributed by atoms with E-state index in [4.69, 9.17) is 14.7 Å². The molecular formula is C23H33N4OS+. The molecule has 3 aromatic rings. The number of nitrogens with zero attached hydrogens (tertiary/aromatic N) is 2. The first-order valence-corrected chi connectivity index (χ1v) is 11.6. The van der Waals surface area contributed by atoms with Crippen LogP contribution in [0, 0.1) is 11.8 Å².